The van der Waals surface area contributed by atoms with Crippen LogP contribution in [0.2, 0.25) is 0 Å². The lowest BCUT2D eigenvalue weighted by molar-refractivity contribution is 0.348. The van der Waals surface area contributed by atoms with Crippen LogP contribution in [-0.2, 0) is 0 Å². The van der Waals surface area contributed by atoms with Gasteiger partial charge in [0.15, 0.2) is 0 Å². The van der Waals surface area contributed by atoms with E-state index in [0.717, 1.165) is 53.9 Å². The molecule has 0 aromatic carbocycles. The number of anilines is 2. The summed E-state index contributed by atoms with van der Waals surface area (Å²) in [5, 5.41) is 6.91. The molecule has 3 unspecified atom stereocenters. The highest BCUT2D eigenvalue weighted by atomic mass is 15.1. The smallest absolute Gasteiger partial charge is 0.134 e. The summed E-state index contributed by atoms with van der Waals surface area (Å²) in [5.74, 6) is 5.64. The van der Waals surface area contributed by atoms with E-state index < -0.39 is 0 Å². The number of nitrogens with one attached hydrogen (secondary N) is 2. The molecule has 2 aliphatic rings. The fourth-order valence-corrected chi connectivity index (χ4v) is 3.99. The maximum Gasteiger partial charge on any atom is 0.134 e. The molecule has 3 atom stereocenters. The average Bonchev–Trinajstić information content (AvgIpc) is 3.03. The van der Waals surface area contributed by atoms with Crippen molar-refractivity contribution < 1.29 is 0 Å². The van der Waals surface area contributed by atoms with E-state index in [1.807, 2.05) is 6.92 Å². The first-order valence-corrected chi connectivity index (χ1v) is 8.00. The van der Waals surface area contributed by atoms with Crippen LogP contribution in [0, 0.1) is 31.6 Å². The van der Waals surface area contributed by atoms with Crippen LogP contribution in [0.3, 0.4) is 0 Å². The highest BCUT2D eigenvalue weighted by Gasteiger charge is 2.39. The summed E-state index contributed by atoms with van der Waals surface area (Å²) in [6.45, 7) is 8.12. The van der Waals surface area contributed by atoms with Gasteiger partial charge in [-0.15, -0.1) is 0 Å². The minimum Gasteiger partial charge on any atom is -0.370 e. The summed E-state index contributed by atoms with van der Waals surface area (Å²) in [5.41, 5.74) is 1.14. The fraction of sp³-hybridized carbons (Fsp3) is 0.750. The Morgan fingerprint density at radius 2 is 1.80 bits per heavy atom. The van der Waals surface area contributed by atoms with Crippen molar-refractivity contribution in [1.82, 2.24) is 9.97 Å². The van der Waals surface area contributed by atoms with Crippen LogP contribution in [-0.4, -0.2) is 23.1 Å². The molecule has 3 rings (SSSR count). The van der Waals surface area contributed by atoms with Gasteiger partial charge in [0.2, 0.25) is 0 Å². The maximum atomic E-state index is 4.58. The number of nitrogens with zero attached hydrogens (tertiary/aromatic N) is 2. The van der Waals surface area contributed by atoms with Crippen molar-refractivity contribution in [2.24, 2.45) is 17.8 Å². The van der Waals surface area contributed by atoms with E-state index in [-0.39, 0.29) is 0 Å². The molecule has 2 fully saturated rings. The molecule has 0 radical (unpaired) electrons. The molecule has 2 aliphatic carbocycles. The van der Waals surface area contributed by atoms with Gasteiger partial charge < -0.3 is 10.6 Å². The second kappa shape index (κ2) is 5.58. The first-order chi connectivity index (χ1) is 9.67. The third-order valence-electron chi connectivity index (χ3n) is 5.02. The van der Waals surface area contributed by atoms with Gasteiger partial charge in [0.05, 0.1) is 0 Å². The summed E-state index contributed by atoms with van der Waals surface area (Å²) in [6.07, 6.45) is 5.80. The fourth-order valence-electron chi connectivity index (χ4n) is 3.99. The number of aromatic nitrogens is 2. The highest BCUT2D eigenvalue weighted by molar-refractivity contribution is 5.57. The van der Waals surface area contributed by atoms with Gasteiger partial charge in [0, 0.05) is 18.7 Å². The second-order valence-electron chi connectivity index (χ2n) is 6.44. The van der Waals surface area contributed by atoms with E-state index >= 15 is 0 Å². The Hall–Kier alpha value is -1.32. The van der Waals surface area contributed by atoms with Crippen molar-refractivity contribution in [2.45, 2.75) is 46.5 Å². The number of rotatable bonds is 5. The molecule has 0 spiro atoms. The van der Waals surface area contributed by atoms with Gasteiger partial charge in [-0.2, -0.15) is 0 Å². The molecule has 2 saturated carbocycles. The van der Waals surface area contributed by atoms with Gasteiger partial charge >= 0.3 is 0 Å². The summed E-state index contributed by atoms with van der Waals surface area (Å²) < 4.78 is 0. The van der Waals surface area contributed by atoms with Crippen LogP contribution in [0.25, 0.3) is 0 Å². The van der Waals surface area contributed by atoms with Gasteiger partial charge in [0.1, 0.15) is 17.5 Å². The van der Waals surface area contributed by atoms with Gasteiger partial charge in [-0.25, -0.2) is 9.97 Å². The molecule has 1 aromatic heterocycles. The first-order valence-electron chi connectivity index (χ1n) is 8.00. The first kappa shape index (κ1) is 13.7. The van der Waals surface area contributed by atoms with Crippen molar-refractivity contribution in [1.29, 1.82) is 0 Å². The summed E-state index contributed by atoms with van der Waals surface area (Å²) in [4.78, 5) is 9.06. The molecule has 2 bridgehead atoms. The largest absolute Gasteiger partial charge is 0.370 e. The maximum absolute atomic E-state index is 4.58. The van der Waals surface area contributed by atoms with Crippen LogP contribution in [0.5, 0.6) is 0 Å². The predicted octanol–water partition coefficient (Wildman–Crippen LogP) is 3.37. The number of hydrogen-bond donors (Lipinski definition) is 2. The molecule has 0 amide bonds. The van der Waals surface area contributed by atoms with E-state index in [1.165, 1.54) is 25.7 Å². The summed E-state index contributed by atoms with van der Waals surface area (Å²) >= 11 is 0. The quantitative estimate of drug-likeness (QED) is 0.864. The molecular formula is C16H26N4. The Bertz CT molecular complexity index is 486. The third-order valence-corrected chi connectivity index (χ3v) is 5.02. The van der Waals surface area contributed by atoms with Crippen LogP contribution < -0.4 is 10.6 Å². The van der Waals surface area contributed by atoms with Crippen LogP contribution in [0.1, 0.15) is 44.0 Å². The average molecular weight is 274 g/mol. The predicted molar refractivity (Wildman–Crippen MR) is 83.1 cm³/mol. The SMILES string of the molecule is CCNc1nc(C)nc(NCC2CC3CCC2C3)c1C. The molecule has 20 heavy (non-hydrogen) atoms. The third kappa shape index (κ3) is 2.60. The normalized spacial score (nSPS) is 27.9. The zero-order chi connectivity index (χ0) is 14.1. The van der Waals surface area contributed by atoms with Crippen molar-refractivity contribution >= 4 is 11.6 Å². The topological polar surface area (TPSA) is 49.8 Å². The van der Waals surface area contributed by atoms with Crippen LogP contribution in [0.4, 0.5) is 11.6 Å². The Balaban J connectivity index is 1.67. The molecule has 1 heterocycles. The summed E-state index contributed by atoms with van der Waals surface area (Å²) in [6, 6.07) is 0. The Labute approximate surface area is 121 Å². The van der Waals surface area contributed by atoms with Crippen molar-refractivity contribution in [3.05, 3.63) is 11.4 Å². The minimum atomic E-state index is 0.835. The molecule has 0 saturated heterocycles. The van der Waals surface area contributed by atoms with Crippen molar-refractivity contribution in [3.8, 4) is 0 Å². The number of fused-ring (bicyclic) bond motifs is 2. The van der Waals surface area contributed by atoms with Crippen LogP contribution in [0.15, 0.2) is 0 Å². The highest BCUT2D eigenvalue weighted by Crippen LogP contribution is 2.48. The molecule has 2 N–H and O–H groups in total. The lowest BCUT2D eigenvalue weighted by Gasteiger charge is -2.23. The second-order valence-corrected chi connectivity index (χ2v) is 6.44. The zero-order valence-electron chi connectivity index (χ0n) is 12.9. The molecule has 4 nitrogen and oxygen atoms in total. The van der Waals surface area contributed by atoms with E-state index in [0.29, 0.717) is 0 Å². The monoisotopic (exact) mass is 274 g/mol. The van der Waals surface area contributed by atoms with E-state index in [9.17, 15) is 0 Å². The minimum absolute atomic E-state index is 0.835. The molecule has 0 aliphatic heterocycles. The Kier molecular flexibility index (Phi) is 3.81. The molecule has 110 valence electrons. The zero-order valence-corrected chi connectivity index (χ0v) is 12.9. The standard InChI is InChI=1S/C16H26N4/c1-4-17-15-10(2)16(20-11(3)19-15)18-9-14-8-12-5-6-13(14)7-12/h12-14H,4-9H2,1-3H3,(H2,17,18,19,20). The number of aryl methyl sites for hydroxylation is 1. The Morgan fingerprint density at radius 1 is 1.05 bits per heavy atom. The van der Waals surface area contributed by atoms with E-state index in [4.69, 9.17) is 0 Å². The molecule has 4 heteroatoms. The van der Waals surface area contributed by atoms with Gasteiger partial charge in [-0.1, -0.05) is 6.42 Å². The lowest BCUT2D eigenvalue weighted by Crippen LogP contribution is -2.21. The van der Waals surface area contributed by atoms with E-state index in [2.05, 4.69) is 34.4 Å². The molecule has 1 aromatic rings. The van der Waals surface area contributed by atoms with Crippen molar-refractivity contribution in [3.63, 3.8) is 0 Å². The van der Waals surface area contributed by atoms with Gasteiger partial charge in [-0.3, -0.25) is 0 Å². The van der Waals surface area contributed by atoms with Crippen LogP contribution >= 0.6 is 0 Å². The van der Waals surface area contributed by atoms with Crippen molar-refractivity contribution in [2.75, 3.05) is 23.7 Å². The van der Waals surface area contributed by atoms with Gasteiger partial charge in [-0.05, 0) is 57.8 Å². The number of hydrogen-bond acceptors (Lipinski definition) is 4. The lowest BCUT2D eigenvalue weighted by atomic mass is 9.89. The van der Waals surface area contributed by atoms with E-state index in [1.54, 1.807) is 0 Å². The summed E-state index contributed by atoms with van der Waals surface area (Å²) in [7, 11) is 0. The Morgan fingerprint density at radius 3 is 2.40 bits per heavy atom. The van der Waals surface area contributed by atoms with Gasteiger partial charge in [0.25, 0.3) is 0 Å². The molecular weight excluding hydrogens is 248 g/mol.